The highest BCUT2D eigenvalue weighted by Gasteiger charge is 2.18. The van der Waals surface area contributed by atoms with E-state index in [9.17, 15) is 0 Å². The van der Waals surface area contributed by atoms with Crippen LogP contribution in [0.3, 0.4) is 0 Å². The molecule has 102 valence electrons. The lowest BCUT2D eigenvalue weighted by Gasteiger charge is -2.12. The third-order valence-corrected chi connectivity index (χ3v) is 3.40. The van der Waals surface area contributed by atoms with Crippen molar-refractivity contribution in [1.29, 1.82) is 0 Å². The van der Waals surface area contributed by atoms with Gasteiger partial charge in [-0.3, -0.25) is 9.97 Å². The number of furan rings is 1. The molecule has 3 aromatic rings. The number of benzene rings is 1. The van der Waals surface area contributed by atoms with Gasteiger partial charge in [0.05, 0.1) is 17.6 Å². The second-order valence-corrected chi connectivity index (χ2v) is 5.07. The predicted molar refractivity (Wildman–Crippen MR) is 78.9 cm³/mol. The Labute approximate surface area is 121 Å². The molecule has 0 amide bonds. The summed E-state index contributed by atoms with van der Waals surface area (Å²) in [5, 5.41) is 4.88. The summed E-state index contributed by atoms with van der Waals surface area (Å²) in [5.41, 5.74) is 2.52. The van der Waals surface area contributed by atoms with Gasteiger partial charge in [-0.2, -0.15) is 0 Å². The largest absolute Gasteiger partial charge is 0.459 e. The lowest BCUT2D eigenvalue weighted by Crippen LogP contribution is -2.18. The zero-order valence-corrected chi connectivity index (χ0v) is 12.0. The third kappa shape index (κ3) is 2.40. The molecular formula is C15H14ClN3O. The van der Waals surface area contributed by atoms with Crippen LogP contribution in [0.4, 0.5) is 0 Å². The Morgan fingerprint density at radius 2 is 2.05 bits per heavy atom. The van der Waals surface area contributed by atoms with Crippen LogP contribution < -0.4 is 5.32 Å². The SMILES string of the molecule is CNC(c1cnc(C)cn1)c1cc2cc(Cl)ccc2o1. The minimum absolute atomic E-state index is 0.130. The van der Waals surface area contributed by atoms with Crippen molar-refractivity contribution < 1.29 is 4.42 Å². The maximum absolute atomic E-state index is 6.00. The highest BCUT2D eigenvalue weighted by Crippen LogP contribution is 2.28. The van der Waals surface area contributed by atoms with Crippen molar-refractivity contribution in [3.63, 3.8) is 0 Å². The first-order valence-electron chi connectivity index (χ1n) is 6.32. The van der Waals surface area contributed by atoms with Gasteiger partial charge in [0.1, 0.15) is 17.4 Å². The van der Waals surface area contributed by atoms with Gasteiger partial charge in [0, 0.05) is 16.6 Å². The Balaban J connectivity index is 2.04. The molecule has 20 heavy (non-hydrogen) atoms. The summed E-state index contributed by atoms with van der Waals surface area (Å²) < 4.78 is 5.87. The molecule has 2 aromatic heterocycles. The highest BCUT2D eigenvalue weighted by atomic mass is 35.5. The molecular weight excluding hydrogens is 274 g/mol. The zero-order chi connectivity index (χ0) is 14.1. The topological polar surface area (TPSA) is 51.0 Å². The second kappa shape index (κ2) is 5.23. The average Bonchev–Trinajstić information content (AvgIpc) is 2.84. The van der Waals surface area contributed by atoms with Crippen molar-refractivity contribution in [2.75, 3.05) is 7.05 Å². The van der Waals surface area contributed by atoms with Gasteiger partial charge in [-0.25, -0.2) is 0 Å². The van der Waals surface area contributed by atoms with Crippen molar-refractivity contribution in [1.82, 2.24) is 15.3 Å². The fourth-order valence-corrected chi connectivity index (χ4v) is 2.35. The molecule has 0 radical (unpaired) electrons. The van der Waals surface area contributed by atoms with Gasteiger partial charge >= 0.3 is 0 Å². The maximum Gasteiger partial charge on any atom is 0.134 e. The van der Waals surface area contributed by atoms with E-state index >= 15 is 0 Å². The number of halogens is 1. The van der Waals surface area contributed by atoms with Gasteiger partial charge in [-0.1, -0.05) is 11.6 Å². The van der Waals surface area contributed by atoms with Crippen LogP contribution in [0.1, 0.15) is 23.2 Å². The fourth-order valence-electron chi connectivity index (χ4n) is 2.16. The molecule has 1 atom stereocenters. The lowest BCUT2D eigenvalue weighted by atomic mass is 10.1. The standard InChI is InChI=1S/C15H14ClN3O/c1-9-7-19-12(8-18-9)15(17-2)14-6-10-5-11(16)3-4-13(10)20-14/h3-8,15,17H,1-2H3. The van der Waals surface area contributed by atoms with Gasteiger partial charge in [-0.05, 0) is 38.2 Å². The van der Waals surface area contributed by atoms with Crippen LogP contribution in [0.15, 0.2) is 41.1 Å². The minimum Gasteiger partial charge on any atom is -0.459 e. The molecule has 0 saturated carbocycles. The van der Waals surface area contributed by atoms with Gasteiger partial charge in [-0.15, -0.1) is 0 Å². The molecule has 3 rings (SSSR count). The van der Waals surface area contributed by atoms with Crippen LogP contribution in [-0.4, -0.2) is 17.0 Å². The second-order valence-electron chi connectivity index (χ2n) is 4.64. The Bertz CT molecular complexity index is 736. The predicted octanol–water partition coefficient (Wildman–Crippen LogP) is 3.49. The molecule has 0 aliphatic rings. The highest BCUT2D eigenvalue weighted by molar-refractivity contribution is 6.31. The number of fused-ring (bicyclic) bond motifs is 1. The Morgan fingerprint density at radius 1 is 1.20 bits per heavy atom. The lowest BCUT2D eigenvalue weighted by molar-refractivity contribution is 0.485. The number of hydrogen-bond donors (Lipinski definition) is 1. The molecule has 1 N–H and O–H groups in total. The summed E-state index contributed by atoms with van der Waals surface area (Å²) >= 11 is 6.00. The number of aromatic nitrogens is 2. The molecule has 0 spiro atoms. The van der Waals surface area contributed by atoms with Crippen LogP contribution in [0.2, 0.25) is 5.02 Å². The van der Waals surface area contributed by atoms with E-state index in [0.717, 1.165) is 28.1 Å². The van der Waals surface area contributed by atoms with E-state index < -0.39 is 0 Å². The quantitative estimate of drug-likeness (QED) is 0.801. The van der Waals surface area contributed by atoms with Crippen molar-refractivity contribution in [2.45, 2.75) is 13.0 Å². The van der Waals surface area contributed by atoms with Crippen LogP contribution >= 0.6 is 11.6 Å². The van der Waals surface area contributed by atoms with Crippen LogP contribution in [0.25, 0.3) is 11.0 Å². The summed E-state index contributed by atoms with van der Waals surface area (Å²) in [5.74, 6) is 0.794. The van der Waals surface area contributed by atoms with Gasteiger partial charge in [0.2, 0.25) is 0 Å². The summed E-state index contributed by atoms with van der Waals surface area (Å²) in [6.07, 6.45) is 3.51. The number of aryl methyl sites for hydroxylation is 1. The summed E-state index contributed by atoms with van der Waals surface area (Å²) in [4.78, 5) is 8.68. The molecule has 5 heteroatoms. The Hall–Kier alpha value is -1.91. The van der Waals surface area contributed by atoms with Crippen LogP contribution in [0, 0.1) is 6.92 Å². The van der Waals surface area contributed by atoms with Crippen molar-refractivity contribution in [3.8, 4) is 0 Å². The molecule has 1 unspecified atom stereocenters. The average molecular weight is 288 g/mol. The van der Waals surface area contributed by atoms with Gasteiger partial charge < -0.3 is 9.73 Å². The molecule has 1 aromatic carbocycles. The molecule has 0 aliphatic carbocycles. The van der Waals surface area contributed by atoms with E-state index in [-0.39, 0.29) is 6.04 Å². The van der Waals surface area contributed by atoms with E-state index in [2.05, 4.69) is 15.3 Å². The monoisotopic (exact) mass is 287 g/mol. The normalized spacial score (nSPS) is 12.8. The minimum atomic E-state index is -0.130. The van der Waals surface area contributed by atoms with Crippen molar-refractivity contribution >= 4 is 22.6 Å². The Kier molecular flexibility index (Phi) is 3.42. The molecule has 4 nitrogen and oxygen atoms in total. The van der Waals surface area contributed by atoms with Crippen LogP contribution in [-0.2, 0) is 0 Å². The first-order valence-corrected chi connectivity index (χ1v) is 6.70. The summed E-state index contributed by atoms with van der Waals surface area (Å²) in [7, 11) is 1.87. The molecule has 0 saturated heterocycles. The molecule has 2 heterocycles. The van der Waals surface area contributed by atoms with E-state index in [1.54, 1.807) is 12.4 Å². The van der Waals surface area contributed by atoms with E-state index in [0.29, 0.717) is 5.02 Å². The summed E-state index contributed by atoms with van der Waals surface area (Å²) in [6, 6.07) is 7.42. The van der Waals surface area contributed by atoms with Gasteiger partial charge in [0.15, 0.2) is 0 Å². The van der Waals surface area contributed by atoms with Crippen LogP contribution in [0.5, 0.6) is 0 Å². The smallest absolute Gasteiger partial charge is 0.134 e. The van der Waals surface area contributed by atoms with E-state index in [4.69, 9.17) is 16.0 Å². The first kappa shape index (κ1) is 13.1. The van der Waals surface area contributed by atoms with E-state index in [1.807, 2.05) is 38.2 Å². The number of rotatable bonds is 3. The number of nitrogens with zero attached hydrogens (tertiary/aromatic N) is 2. The van der Waals surface area contributed by atoms with Crippen molar-refractivity contribution in [2.24, 2.45) is 0 Å². The molecule has 0 fully saturated rings. The number of nitrogens with one attached hydrogen (secondary N) is 1. The Morgan fingerprint density at radius 3 is 2.75 bits per heavy atom. The van der Waals surface area contributed by atoms with Crippen molar-refractivity contribution in [3.05, 3.63) is 58.8 Å². The summed E-state index contributed by atoms with van der Waals surface area (Å²) in [6.45, 7) is 1.91. The van der Waals surface area contributed by atoms with Gasteiger partial charge in [0.25, 0.3) is 0 Å². The third-order valence-electron chi connectivity index (χ3n) is 3.17. The molecule has 0 bridgehead atoms. The number of hydrogen-bond acceptors (Lipinski definition) is 4. The fraction of sp³-hybridized carbons (Fsp3) is 0.200. The maximum atomic E-state index is 6.00. The first-order chi connectivity index (χ1) is 9.67. The molecule has 0 aliphatic heterocycles. The zero-order valence-electron chi connectivity index (χ0n) is 11.2. The van der Waals surface area contributed by atoms with E-state index in [1.165, 1.54) is 0 Å².